The molecule has 3 aromatic rings. The first-order valence-electron chi connectivity index (χ1n) is 12.3. The van der Waals surface area contributed by atoms with Gasteiger partial charge in [-0.05, 0) is 68.7 Å². The maximum absolute atomic E-state index is 13.7. The van der Waals surface area contributed by atoms with Crippen LogP contribution in [-0.4, -0.2) is 62.6 Å². The number of carbonyl (C=O) groups is 1. The summed E-state index contributed by atoms with van der Waals surface area (Å²) in [5.74, 6) is 0.533. The van der Waals surface area contributed by atoms with Gasteiger partial charge in [-0.2, -0.15) is 5.21 Å². The molecule has 3 heterocycles. The first-order chi connectivity index (χ1) is 17.8. The molecule has 0 bridgehead atoms. The molecule has 12 nitrogen and oxygen atoms in total. The molecule has 0 spiro atoms. The molecule has 0 saturated carbocycles. The number of tetrazole rings is 1. The second-order valence-corrected chi connectivity index (χ2v) is 9.79. The van der Waals surface area contributed by atoms with E-state index in [1.165, 1.54) is 0 Å². The maximum atomic E-state index is 13.7. The normalized spacial score (nSPS) is 19.0. The Morgan fingerprint density at radius 3 is 2.46 bits per heavy atom. The molecule has 2 atom stereocenters. The first kappa shape index (κ1) is 29.9. The fraction of sp³-hybridized carbons (Fsp3) is 0.400. The van der Waals surface area contributed by atoms with Gasteiger partial charge < -0.3 is 16.0 Å². The molecule has 0 aliphatic carbocycles. The Morgan fingerprint density at radius 2 is 1.82 bits per heavy atom. The molecule has 2 unspecified atom stereocenters. The van der Waals surface area contributed by atoms with Crippen LogP contribution in [0.1, 0.15) is 43.6 Å². The van der Waals surface area contributed by atoms with E-state index >= 15 is 0 Å². The van der Waals surface area contributed by atoms with Gasteiger partial charge in [0, 0.05) is 24.3 Å². The Hall–Kier alpha value is -3.61. The van der Waals surface area contributed by atoms with E-state index in [9.17, 15) is 4.79 Å². The summed E-state index contributed by atoms with van der Waals surface area (Å²) in [6.07, 6.45) is 2.02. The average molecular weight is 575 g/mol. The fourth-order valence-electron chi connectivity index (χ4n) is 4.73. The summed E-state index contributed by atoms with van der Waals surface area (Å²) in [6.45, 7) is 6.13. The van der Waals surface area contributed by atoms with Crippen molar-refractivity contribution in [2.45, 2.75) is 44.4 Å². The molecule has 1 saturated heterocycles. The van der Waals surface area contributed by atoms with Gasteiger partial charge in [0.05, 0.1) is 23.8 Å². The van der Waals surface area contributed by atoms with E-state index in [0.717, 1.165) is 47.9 Å². The monoisotopic (exact) mass is 573 g/mol. The van der Waals surface area contributed by atoms with Crippen molar-refractivity contribution >= 4 is 42.2 Å². The number of likely N-dealkylation sites (tertiary alicyclic amines) is 1. The van der Waals surface area contributed by atoms with Crippen LogP contribution in [0.3, 0.4) is 0 Å². The molecular formula is C25H33Cl2N11O. The Labute approximate surface area is 238 Å². The number of benzene rings is 2. The van der Waals surface area contributed by atoms with Crippen LogP contribution >= 0.6 is 24.8 Å². The third kappa shape index (κ3) is 6.35. The highest BCUT2D eigenvalue weighted by molar-refractivity contribution is 5.95. The van der Waals surface area contributed by atoms with Crippen molar-refractivity contribution in [1.29, 1.82) is 5.41 Å². The Kier molecular flexibility index (Phi) is 9.26. The number of fused-ring (bicyclic) bond motifs is 1. The number of nitrogens with zero attached hydrogens (tertiary/aromatic N) is 6. The third-order valence-electron chi connectivity index (χ3n) is 6.91. The van der Waals surface area contributed by atoms with Gasteiger partial charge >= 0.3 is 0 Å². The number of carbonyl (C=O) groups excluding carboxylic acids is 1. The number of amides is 1. The number of aromatic amines is 1. The number of hydrogen-bond donors (Lipinski definition) is 5. The molecule has 5 rings (SSSR count). The van der Waals surface area contributed by atoms with Crippen LogP contribution in [0, 0.1) is 5.41 Å². The number of halogens is 2. The highest BCUT2D eigenvalue weighted by atomic mass is 35.5. The molecule has 1 aromatic heterocycles. The number of nitrogens with one attached hydrogen (secondary N) is 4. The number of nitrogens with two attached hydrogens (primary N) is 1. The van der Waals surface area contributed by atoms with E-state index < -0.39 is 11.2 Å². The summed E-state index contributed by atoms with van der Waals surface area (Å²) in [5, 5.41) is 29.9. The molecule has 2 aliphatic heterocycles. The van der Waals surface area contributed by atoms with Crippen LogP contribution in [0.25, 0.3) is 0 Å². The molecule has 6 N–H and O–H groups in total. The van der Waals surface area contributed by atoms with E-state index in [4.69, 9.17) is 21.1 Å². The summed E-state index contributed by atoms with van der Waals surface area (Å²) < 4.78 is 0. The molecule has 0 radical (unpaired) electrons. The van der Waals surface area contributed by atoms with Gasteiger partial charge in [-0.3, -0.25) is 25.5 Å². The van der Waals surface area contributed by atoms with Crippen molar-refractivity contribution in [3.63, 3.8) is 0 Å². The predicted molar refractivity (Wildman–Crippen MR) is 152 cm³/mol. The molecule has 1 amide bonds. The smallest absolute Gasteiger partial charge is 0.247 e. The van der Waals surface area contributed by atoms with E-state index in [1.807, 2.05) is 49.1 Å². The van der Waals surface area contributed by atoms with Crippen LogP contribution in [0.2, 0.25) is 0 Å². The zero-order chi connectivity index (χ0) is 26.0. The van der Waals surface area contributed by atoms with Crippen molar-refractivity contribution in [2.75, 3.05) is 25.0 Å². The largest absolute Gasteiger partial charge is 0.384 e. The van der Waals surface area contributed by atoms with Crippen LogP contribution in [0.4, 0.5) is 5.69 Å². The lowest BCUT2D eigenvalue weighted by Gasteiger charge is -2.33. The summed E-state index contributed by atoms with van der Waals surface area (Å²) in [4.78, 5) is 25.4. The van der Waals surface area contributed by atoms with Crippen LogP contribution in [-0.2, 0) is 16.9 Å². The van der Waals surface area contributed by atoms with Crippen molar-refractivity contribution in [3.8, 4) is 0 Å². The second-order valence-electron chi connectivity index (χ2n) is 9.79. The number of H-pyrrole nitrogens is 1. The summed E-state index contributed by atoms with van der Waals surface area (Å²) in [7, 11) is 0. The summed E-state index contributed by atoms with van der Waals surface area (Å²) >= 11 is 0. The van der Waals surface area contributed by atoms with Crippen LogP contribution in [0.15, 0.2) is 52.4 Å². The third-order valence-corrected chi connectivity index (χ3v) is 6.91. The Bertz CT molecular complexity index is 1430. The quantitative estimate of drug-likeness (QED) is 0.188. The highest BCUT2D eigenvalue weighted by Gasteiger charge is 2.39. The zero-order valence-corrected chi connectivity index (χ0v) is 23.4. The molecule has 39 heavy (non-hydrogen) atoms. The van der Waals surface area contributed by atoms with Gasteiger partial charge in [0.1, 0.15) is 11.4 Å². The highest BCUT2D eigenvalue weighted by Crippen LogP contribution is 2.26. The van der Waals surface area contributed by atoms with Gasteiger partial charge in [-0.25, -0.2) is 0 Å². The molecule has 14 heteroatoms. The number of amidine groups is 1. The summed E-state index contributed by atoms with van der Waals surface area (Å²) in [5.41, 5.74) is 6.22. The number of anilines is 1. The molecule has 1 fully saturated rings. The molecule has 208 valence electrons. The van der Waals surface area contributed by atoms with Crippen molar-refractivity contribution in [2.24, 2.45) is 15.7 Å². The number of rotatable bonds is 9. The van der Waals surface area contributed by atoms with Gasteiger partial charge in [0.25, 0.3) is 0 Å². The van der Waals surface area contributed by atoms with E-state index in [1.54, 1.807) is 12.1 Å². The van der Waals surface area contributed by atoms with E-state index in [-0.39, 0.29) is 43.1 Å². The zero-order valence-electron chi connectivity index (χ0n) is 21.8. The lowest BCUT2D eigenvalue weighted by molar-refractivity contribution is -0.137. The number of aromatic nitrogens is 4. The van der Waals surface area contributed by atoms with Crippen molar-refractivity contribution in [3.05, 3.63) is 70.1 Å². The Balaban J connectivity index is 0.00000210. The Morgan fingerprint density at radius 1 is 1.13 bits per heavy atom. The van der Waals surface area contributed by atoms with E-state index in [2.05, 4.69) is 31.3 Å². The van der Waals surface area contributed by atoms with Crippen molar-refractivity contribution < 1.29 is 4.79 Å². The van der Waals surface area contributed by atoms with Gasteiger partial charge in [0.15, 0.2) is 11.5 Å². The lowest BCUT2D eigenvalue weighted by atomic mass is 9.90. The molecule has 2 aliphatic rings. The number of hydrogen-bond acceptors (Lipinski definition) is 9. The fourth-order valence-corrected chi connectivity index (χ4v) is 4.73. The van der Waals surface area contributed by atoms with Gasteiger partial charge in [-0.15, -0.1) is 35.0 Å². The number of nitrogen functional groups attached to an aromatic ring is 1. The lowest BCUT2D eigenvalue weighted by Crippen LogP contribution is -2.53. The summed E-state index contributed by atoms with van der Waals surface area (Å²) in [6, 6.07) is 13.2. The minimum absolute atomic E-state index is 0. The molecule has 2 aromatic carbocycles. The molecular weight excluding hydrogens is 541 g/mol. The first-order valence-corrected chi connectivity index (χ1v) is 12.3. The van der Waals surface area contributed by atoms with Crippen molar-refractivity contribution in [1.82, 2.24) is 30.8 Å². The minimum atomic E-state index is -0.995. The standard InChI is InChI=1S/C25H31N11O.2ClH/c1-24(15-28-18-8-5-16(6-9-18)22(26)27)30-19-10-7-17(13-20(19)31-24)25(2,23(37)36-11-3-4-12-36)29-14-21-32-34-35-33-21;;/h5-10,13,28-29H,3-4,11-12,14-15H2,1-2H3,(H3,26,27)(H,32,33,34,35);2*1H. The maximum Gasteiger partial charge on any atom is 0.247 e. The van der Waals surface area contributed by atoms with E-state index in [0.29, 0.717) is 17.9 Å². The van der Waals surface area contributed by atoms with Gasteiger partial charge in [-0.1, -0.05) is 11.3 Å². The average Bonchev–Trinajstić information content (AvgIpc) is 3.66. The van der Waals surface area contributed by atoms with Gasteiger partial charge in [0.2, 0.25) is 5.91 Å². The van der Waals surface area contributed by atoms with Crippen LogP contribution < -0.4 is 27.1 Å². The second kappa shape index (κ2) is 12.1. The SMILES string of the molecule is CC1(CNc2ccc(C(=N)N)cc2)N=c2ccc(C(C)(NCc3nn[nH]n3)C(=O)N3CCCC3)cc2=N1.Cl.Cl. The minimum Gasteiger partial charge on any atom is -0.384 e. The topological polar surface area (TPSA) is 173 Å². The van der Waals surface area contributed by atoms with Crippen LogP contribution in [0.5, 0.6) is 0 Å². The predicted octanol–water partition coefficient (Wildman–Crippen LogP) is 1.04.